The van der Waals surface area contributed by atoms with Gasteiger partial charge in [-0.15, -0.1) is 0 Å². The third-order valence-corrected chi connectivity index (χ3v) is 4.75. The number of hydrogen-bond donors (Lipinski definition) is 2. The Bertz CT molecular complexity index is 1050. The van der Waals surface area contributed by atoms with Crippen molar-refractivity contribution in [3.05, 3.63) is 55.7 Å². The van der Waals surface area contributed by atoms with E-state index in [9.17, 15) is 19.2 Å². The normalized spacial score (nSPS) is 10.7. The summed E-state index contributed by atoms with van der Waals surface area (Å²) in [5.74, 6) is -1.31. The predicted octanol–water partition coefficient (Wildman–Crippen LogP) is 2.14. The summed E-state index contributed by atoms with van der Waals surface area (Å²) in [6.45, 7) is 7.47. The monoisotopic (exact) mass is 430 g/mol. The standard InChI is InChI=1S/C22H30N4O5/c1-5-7-9-25(18-19(23)26(8-6-2)22(30)24-20(18)28)17(27)13-31-21(29)16-11-14(3)10-15(4)12-16/h10-12H,5-9,13,23H2,1-4H3,(H,24,28,30). The number of amides is 1. The summed E-state index contributed by atoms with van der Waals surface area (Å²) < 4.78 is 6.44. The van der Waals surface area contributed by atoms with Crippen molar-refractivity contribution in [3.8, 4) is 0 Å². The Labute approximate surface area is 180 Å². The van der Waals surface area contributed by atoms with Crippen LogP contribution in [0, 0.1) is 13.8 Å². The molecule has 0 fully saturated rings. The zero-order chi connectivity index (χ0) is 23.1. The van der Waals surface area contributed by atoms with Crippen molar-refractivity contribution >= 4 is 23.4 Å². The maximum Gasteiger partial charge on any atom is 0.338 e. The molecule has 1 amide bonds. The number of anilines is 2. The van der Waals surface area contributed by atoms with Crippen LogP contribution >= 0.6 is 0 Å². The number of benzene rings is 1. The minimum Gasteiger partial charge on any atom is -0.452 e. The van der Waals surface area contributed by atoms with E-state index in [1.807, 2.05) is 33.8 Å². The maximum atomic E-state index is 12.9. The van der Waals surface area contributed by atoms with Crippen molar-refractivity contribution < 1.29 is 14.3 Å². The van der Waals surface area contributed by atoms with Gasteiger partial charge in [0.2, 0.25) is 0 Å². The SMILES string of the molecule is CCCCN(C(=O)COC(=O)c1cc(C)cc(C)c1)c1c(N)n(CCC)c(=O)[nH]c1=O. The number of H-pyrrole nitrogens is 1. The molecule has 0 atom stereocenters. The zero-order valence-corrected chi connectivity index (χ0v) is 18.5. The van der Waals surface area contributed by atoms with Crippen LogP contribution in [0.4, 0.5) is 11.5 Å². The molecule has 9 heteroatoms. The molecule has 0 aliphatic rings. The van der Waals surface area contributed by atoms with Gasteiger partial charge in [-0.1, -0.05) is 37.5 Å². The van der Waals surface area contributed by atoms with Crippen molar-refractivity contribution in [3.63, 3.8) is 0 Å². The van der Waals surface area contributed by atoms with Crippen LogP contribution in [0.2, 0.25) is 0 Å². The highest BCUT2D eigenvalue weighted by Crippen LogP contribution is 2.18. The van der Waals surface area contributed by atoms with Gasteiger partial charge in [0.25, 0.3) is 11.5 Å². The topological polar surface area (TPSA) is 127 Å². The second-order valence-electron chi connectivity index (χ2n) is 7.50. The minimum atomic E-state index is -0.750. The number of carbonyl (C=O) groups excluding carboxylic acids is 2. The molecule has 0 radical (unpaired) electrons. The van der Waals surface area contributed by atoms with Gasteiger partial charge in [-0.2, -0.15) is 0 Å². The summed E-state index contributed by atoms with van der Waals surface area (Å²) in [6, 6.07) is 5.28. The first-order chi connectivity index (χ1) is 14.7. The second kappa shape index (κ2) is 10.6. The quantitative estimate of drug-likeness (QED) is 0.587. The Hall–Kier alpha value is -3.36. The minimum absolute atomic E-state index is 0.0827. The number of unbranched alkanes of at least 4 members (excludes halogenated alkanes) is 1. The first-order valence-corrected chi connectivity index (χ1v) is 10.4. The van der Waals surface area contributed by atoms with E-state index in [0.29, 0.717) is 24.9 Å². The molecule has 0 saturated carbocycles. The van der Waals surface area contributed by atoms with E-state index in [1.54, 1.807) is 12.1 Å². The number of aromatic amines is 1. The number of nitrogens with one attached hydrogen (secondary N) is 1. The second-order valence-corrected chi connectivity index (χ2v) is 7.50. The van der Waals surface area contributed by atoms with Gasteiger partial charge in [-0.3, -0.25) is 19.1 Å². The Morgan fingerprint density at radius 1 is 1.10 bits per heavy atom. The average molecular weight is 431 g/mol. The molecule has 1 aromatic carbocycles. The molecule has 0 aliphatic heterocycles. The highest BCUT2D eigenvalue weighted by Gasteiger charge is 2.25. The van der Waals surface area contributed by atoms with Crippen molar-refractivity contribution in [2.24, 2.45) is 0 Å². The van der Waals surface area contributed by atoms with Gasteiger partial charge in [0, 0.05) is 13.1 Å². The van der Waals surface area contributed by atoms with E-state index >= 15 is 0 Å². The molecule has 0 spiro atoms. The van der Waals surface area contributed by atoms with Crippen molar-refractivity contribution in [2.45, 2.75) is 53.5 Å². The lowest BCUT2D eigenvalue weighted by Crippen LogP contribution is -2.43. The molecule has 2 rings (SSSR count). The molecular formula is C22H30N4O5. The molecule has 168 valence electrons. The van der Waals surface area contributed by atoms with Crippen molar-refractivity contribution in [1.82, 2.24) is 9.55 Å². The first kappa shape index (κ1) is 23.9. The Kier molecular flexibility index (Phi) is 8.18. The third-order valence-electron chi connectivity index (χ3n) is 4.75. The van der Waals surface area contributed by atoms with Gasteiger partial charge < -0.3 is 15.4 Å². The highest BCUT2D eigenvalue weighted by molar-refractivity contribution is 5.98. The summed E-state index contributed by atoms with van der Waals surface area (Å²) in [4.78, 5) is 53.4. The zero-order valence-electron chi connectivity index (χ0n) is 18.5. The lowest BCUT2D eigenvalue weighted by molar-refractivity contribution is -0.121. The van der Waals surface area contributed by atoms with Crippen LogP contribution in [-0.4, -0.2) is 34.6 Å². The van der Waals surface area contributed by atoms with Gasteiger partial charge in [0.05, 0.1) is 5.56 Å². The number of hydrogen-bond acceptors (Lipinski definition) is 6. The predicted molar refractivity (Wildman–Crippen MR) is 119 cm³/mol. The molecule has 31 heavy (non-hydrogen) atoms. The number of esters is 1. The number of aromatic nitrogens is 2. The van der Waals surface area contributed by atoms with Gasteiger partial charge in [-0.25, -0.2) is 9.59 Å². The number of rotatable bonds is 9. The fourth-order valence-corrected chi connectivity index (χ4v) is 3.34. The van der Waals surface area contributed by atoms with E-state index < -0.39 is 29.7 Å². The third kappa shape index (κ3) is 5.84. The van der Waals surface area contributed by atoms with Crippen LogP contribution in [0.5, 0.6) is 0 Å². The van der Waals surface area contributed by atoms with Crippen LogP contribution in [0.3, 0.4) is 0 Å². The van der Waals surface area contributed by atoms with E-state index in [1.165, 1.54) is 9.47 Å². The summed E-state index contributed by atoms with van der Waals surface area (Å²) >= 11 is 0. The van der Waals surface area contributed by atoms with Crippen LogP contribution < -0.4 is 21.9 Å². The average Bonchev–Trinajstić information content (AvgIpc) is 2.70. The summed E-state index contributed by atoms with van der Waals surface area (Å²) in [5, 5.41) is 0. The van der Waals surface area contributed by atoms with E-state index in [4.69, 9.17) is 10.5 Å². The molecule has 9 nitrogen and oxygen atoms in total. The van der Waals surface area contributed by atoms with Crippen LogP contribution in [0.25, 0.3) is 0 Å². The molecule has 0 bridgehead atoms. The van der Waals surface area contributed by atoms with Crippen LogP contribution in [-0.2, 0) is 16.1 Å². The largest absolute Gasteiger partial charge is 0.452 e. The Morgan fingerprint density at radius 2 is 1.74 bits per heavy atom. The number of nitrogens with two attached hydrogens (primary N) is 1. The molecule has 0 aliphatic carbocycles. The van der Waals surface area contributed by atoms with Crippen molar-refractivity contribution in [2.75, 3.05) is 23.8 Å². The maximum absolute atomic E-state index is 12.9. The lowest BCUT2D eigenvalue weighted by Gasteiger charge is -2.24. The Balaban J connectivity index is 2.31. The highest BCUT2D eigenvalue weighted by atomic mass is 16.5. The molecule has 0 saturated heterocycles. The van der Waals surface area contributed by atoms with E-state index in [0.717, 1.165) is 17.5 Å². The molecule has 2 aromatic rings. The van der Waals surface area contributed by atoms with Gasteiger partial charge in [0.15, 0.2) is 12.3 Å². The number of aryl methyl sites for hydroxylation is 2. The number of ether oxygens (including phenoxy) is 1. The van der Waals surface area contributed by atoms with Crippen LogP contribution in [0.15, 0.2) is 27.8 Å². The number of carbonyl (C=O) groups is 2. The molecule has 1 aromatic heterocycles. The Morgan fingerprint density at radius 3 is 2.32 bits per heavy atom. The molecular weight excluding hydrogens is 400 g/mol. The fraction of sp³-hybridized carbons (Fsp3) is 0.455. The van der Waals surface area contributed by atoms with Gasteiger partial charge in [-0.05, 0) is 38.8 Å². The van der Waals surface area contributed by atoms with Crippen LogP contribution in [0.1, 0.15) is 54.6 Å². The van der Waals surface area contributed by atoms with Gasteiger partial charge in [0.1, 0.15) is 5.82 Å². The summed E-state index contributed by atoms with van der Waals surface area (Å²) in [7, 11) is 0. The number of nitrogens with zero attached hydrogens (tertiary/aromatic N) is 2. The fourth-order valence-electron chi connectivity index (χ4n) is 3.34. The lowest BCUT2D eigenvalue weighted by atomic mass is 10.1. The first-order valence-electron chi connectivity index (χ1n) is 10.4. The van der Waals surface area contributed by atoms with E-state index in [-0.39, 0.29) is 18.1 Å². The van der Waals surface area contributed by atoms with Gasteiger partial charge >= 0.3 is 11.7 Å². The smallest absolute Gasteiger partial charge is 0.338 e. The molecule has 3 N–H and O–H groups in total. The summed E-state index contributed by atoms with van der Waals surface area (Å²) in [5.41, 5.74) is 6.78. The van der Waals surface area contributed by atoms with Crippen molar-refractivity contribution in [1.29, 1.82) is 0 Å². The van der Waals surface area contributed by atoms with E-state index in [2.05, 4.69) is 4.98 Å². The molecule has 0 unspecified atom stereocenters. The molecule has 1 heterocycles. The summed E-state index contributed by atoms with van der Waals surface area (Å²) in [6.07, 6.45) is 1.98. The number of nitrogen functional groups attached to an aromatic ring is 1.